The van der Waals surface area contributed by atoms with Crippen LogP contribution in [0.2, 0.25) is 0 Å². The fourth-order valence-corrected chi connectivity index (χ4v) is 3.15. The van der Waals surface area contributed by atoms with Crippen LogP contribution in [0.4, 0.5) is 0 Å². The van der Waals surface area contributed by atoms with Gasteiger partial charge in [0.1, 0.15) is 0 Å². The summed E-state index contributed by atoms with van der Waals surface area (Å²) >= 11 is 4.99. The zero-order valence-corrected chi connectivity index (χ0v) is 13.9. The zero-order valence-electron chi connectivity index (χ0n) is 11.5. The van der Waals surface area contributed by atoms with E-state index in [1.165, 1.54) is 0 Å². The number of carbonyl (C=O) groups excluding carboxylic acids is 1. The molecule has 3 rings (SSSR count). The van der Waals surface area contributed by atoms with Gasteiger partial charge in [-0.2, -0.15) is 11.3 Å². The molecule has 0 bridgehead atoms. The third kappa shape index (κ3) is 3.23. The number of carbonyl (C=O) groups is 1. The Labute approximate surface area is 140 Å². The summed E-state index contributed by atoms with van der Waals surface area (Å²) in [7, 11) is 0. The van der Waals surface area contributed by atoms with Crippen molar-refractivity contribution in [2.24, 2.45) is 0 Å². The Kier molecular flexibility index (Phi) is 4.60. The van der Waals surface area contributed by atoms with Crippen LogP contribution in [0.1, 0.15) is 16.1 Å². The number of rotatable bonds is 4. The van der Waals surface area contributed by atoms with E-state index in [1.54, 1.807) is 29.8 Å². The first-order valence-corrected chi connectivity index (χ1v) is 8.34. The number of benzene rings is 1. The van der Waals surface area contributed by atoms with E-state index in [9.17, 15) is 4.79 Å². The van der Waals surface area contributed by atoms with Crippen molar-refractivity contribution in [1.82, 2.24) is 15.3 Å². The molecule has 0 unspecified atom stereocenters. The van der Waals surface area contributed by atoms with Crippen molar-refractivity contribution in [3.8, 4) is 11.3 Å². The van der Waals surface area contributed by atoms with Gasteiger partial charge in [0.2, 0.25) is 0 Å². The third-order valence-corrected chi connectivity index (χ3v) is 4.48. The molecule has 4 nitrogen and oxygen atoms in total. The minimum absolute atomic E-state index is 0.144. The molecule has 0 aliphatic heterocycles. The number of nitrogens with zero attached hydrogens (tertiary/aromatic N) is 2. The second-order valence-corrected chi connectivity index (χ2v) is 6.16. The summed E-state index contributed by atoms with van der Waals surface area (Å²) in [6.07, 6.45) is 3.29. The summed E-state index contributed by atoms with van der Waals surface area (Å²) < 4.78 is 0.768. The quantitative estimate of drug-likeness (QED) is 0.754. The molecule has 22 heavy (non-hydrogen) atoms. The van der Waals surface area contributed by atoms with Crippen molar-refractivity contribution in [2.75, 3.05) is 0 Å². The zero-order chi connectivity index (χ0) is 15.4. The second kappa shape index (κ2) is 6.81. The average Bonchev–Trinajstić information content (AvgIpc) is 3.07. The summed E-state index contributed by atoms with van der Waals surface area (Å²) in [6, 6.07) is 9.31. The normalized spacial score (nSPS) is 10.4. The molecule has 2 heterocycles. The first-order valence-electron chi connectivity index (χ1n) is 6.61. The van der Waals surface area contributed by atoms with Gasteiger partial charge in [-0.25, -0.2) is 0 Å². The van der Waals surface area contributed by atoms with Crippen LogP contribution in [0, 0.1) is 0 Å². The van der Waals surface area contributed by atoms with Crippen LogP contribution < -0.4 is 5.32 Å². The van der Waals surface area contributed by atoms with Crippen LogP contribution in [0.15, 0.2) is 58.0 Å². The van der Waals surface area contributed by atoms with Gasteiger partial charge >= 0.3 is 0 Å². The van der Waals surface area contributed by atoms with Gasteiger partial charge in [0.15, 0.2) is 0 Å². The van der Waals surface area contributed by atoms with E-state index >= 15 is 0 Å². The van der Waals surface area contributed by atoms with E-state index < -0.39 is 0 Å². The lowest BCUT2D eigenvalue weighted by Crippen LogP contribution is -2.24. The molecule has 3 aromatic rings. The third-order valence-electron chi connectivity index (χ3n) is 3.10. The molecule has 0 radical (unpaired) electrons. The lowest BCUT2D eigenvalue weighted by atomic mass is 10.1. The fraction of sp³-hybridized carbons (Fsp3) is 0.0625. The Morgan fingerprint density at radius 3 is 2.77 bits per heavy atom. The Balaban J connectivity index is 1.78. The maximum Gasteiger partial charge on any atom is 0.252 e. The summed E-state index contributed by atoms with van der Waals surface area (Å²) in [5.74, 6) is -0.144. The molecule has 0 aliphatic rings. The van der Waals surface area contributed by atoms with E-state index in [0.717, 1.165) is 21.4 Å². The van der Waals surface area contributed by atoms with Crippen molar-refractivity contribution in [2.45, 2.75) is 6.54 Å². The Hall–Kier alpha value is -2.05. The van der Waals surface area contributed by atoms with Crippen molar-refractivity contribution in [3.63, 3.8) is 0 Å². The van der Waals surface area contributed by atoms with E-state index in [2.05, 4.69) is 31.2 Å². The second-order valence-electron chi connectivity index (χ2n) is 4.53. The van der Waals surface area contributed by atoms with Gasteiger partial charge in [-0.1, -0.05) is 12.1 Å². The highest BCUT2D eigenvalue weighted by molar-refractivity contribution is 9.10. The number of thiophene rings is 1. The fourth-order valence-electron chi connectivity index (χ4n) is 2.04. The molecule has 0 saturated carbocycles. The summed E-state index contributed by atoms with van der Waals surface area (Å²) in [5.41, 5.74) is 3.17. The molecule has 6 heteroatoms. The molecule has 1 aromatic carbocycles. The average molecular weight is 374 g/mol. The summed E-state index contributed by atoms with van der Waals surface area (Å²) in [6.45, 7) is 0.333. The topological polar surface area (TPSA) is 54.9 Å². The molecule has 0 fully saturated rings. The highest BCUT2D eigenvalue weighted by Gasteiger charge is 2.12. The Morgan fingerprint density at radius 1 is 1.18 bits per heavy atom. The van der Waals surface area contributed by atoms with Gasteiger partial charge in [-0.15, -0.1) is 0 Å². The summed E-state index contributed by atoms with van der Waals surface area (Å²) in [4.78, 5) is 21.0. The molecule has 0 saturated heterocycles. The number of halogens is 1. The van der Waals surface area contributed by atoms with E-state index in [0.29, 0.717) is 12.1 Å². The highest BCUT2D eigenvalue weighted by Crippen LogP contribution is 2.22. The maximum atomic E-state index is 12.2. The molecular weight excluding hydrogens is 362 g/mol. The van der Waals surface area contributed by atoms with Crippen LogP contribution >= 0.6 is 27.3 Å². The number of hydrogen-bond acceptors (Lipinski definition) is 4. The lowest BCUT2D eigenvalue weighted by molar-refractivity contribution is 0.0949. The maximum absolute atomic E-state index is 12.2. The molecule has 110 valence electrons. The van der Waals surface area contributed by atoms with Gasteiger partial charge in [0.05, 0.1) is 23.5 Å². The first-order chi connectivity index (χ1) is 10.8. The van der Waals surface area contributed by atoms with Crippen LogP contribution in [0.3, 0.4) is 0 Å². The monoisotopic (exact) mass is 373 g/mol. The van der Waals surface area contributed by atoms with Gasteiger partial charge in [-0.3, -0.25) is 14.8 Å². The predicted molar refractivity (Wildman–Crippen MR) is 90.7 cm³/mol. The standard InChI is InChI=1S/C16H12BrN3OS/c17-13-4-2-1-3-12(13)16(21)20-9-14-15(19-7-6-18-14)11-5-8-22-10-11/h1-8,10H,9H2,(H,20,21). The molecule has 0 spiro atoms. The minimum Gasteiger partial charge on any atom is -0.346 e. The molecule has 1 amide bonds. The van der Waals surface area contributed by atoms with Crippen LogP contribution in [-0.4, -0.2) is 15.9 Å². The van der Waals surface area contributed by atoms with E-state index in [4.69, 9.17) is 0 Å². The smallest absolute Gasteiger partial charge is 0.252 e. The van der Waals surface area contributed by atoms with Gasteiger partial charge in [0, 0.05) is 27.8 Å². The minimum atomic E-state index is -0.144. The van der Waals surface area contributed by atoms with E-state index in [1.807, 2.05) is 35.0 Å². The van der Waals surface area contributed by atoms with Gasteiger partial charge < -0.3 is 5.32 Å². The lowest BCUT2D eigenvalue weighted by Gasteiger charge is -2.09. The molecule has 1 N–H and O–H groups in total. The Morgan fingerprint density at radius 2 is 2.00 bits per heavy atom. The molecule has 0 atom stereocenters. The SMILES string of the molecule is O=C(NCc1nccnc1-c1ccsc1)c1ccccc1Br. The predicted octanol–water partition coefficient (Wildman–Crippen LogP) is 3.90. The Bertz CT molecular complexity index is 790. The summed E-state index contributed by atoms with van der Waals surface area (Å²) in [5, 5.41) is 6.90. The van der Waals surface area contributed by atoms with Crippen LogP contribution in [0.5, 0.6) is 0 Å². The number of aromatic nitrogens is 2. The van der Waals surface area contributed by atoms with Gasteiger partial charge in [-0.05, 0) is 39.5 Å². The van der Waals surface area contributed by atoms with Crippen LogP contribution in [-0.2, 0) is 6.54 Å². The molecular formula is C16H12BrN3OS. The van der Waals surface area contributed by atoms with Crippen molar-refractivity contribution in [3.05, 3.63) is 69.2 Å². The number of amides is 1. The first kappa shape index (κ1) is 14.9. The molecule has 2 aromatic heterocycles. The van der Waals surface area contributed by atoms with Crippen LogP contribution in [0.25, 0.3) is 11.3 Å². The van der Waals surface area contributed by atoms with Crippen molar-refractivity contribution in [1.29, 1.82) is 0 Å². The van der Waals surface area contributed by atoms with Crippen molar-refractivity contribution >= 4 is 33.2 Å². The number of nitrogens with one attached hydrogen (secondary N) is 1. The van der Waals surface area contributed by atoms with Crippen molar-refractivity contribution < 1.29 is 4.79 Å². The molecule has 0 aliphatic carbocycles. The largest absolute Gasteiger partial charge is 0.346 e. The van der Waals surface area contributed by atoms with E-state index in [-0.39, 0.29) is 5.91 Å². The highest BCUT2D eigenvalue weighted by atomic mass is 79.9. The van der Waals surface area contributed by atoms with Gasteiger partial charge in [0.25, 0.3) is 5.91 Å². The number of hydrogen-bond donors (Lipinski definition) is 1.